The van der Waals surface area contributed by atoms with Gasteiger partial charge in [-0.3, -0.25) is 9.97 Å². The van der Waals surface area contributed by atoms with Crippen LogP contribution in [0.5, 0.6) is 0 Å². The number of benzene rings is 1. The molecule has 0 N–H and O–H groups in total. The zero-order chi connectivity index (χ0) is 10.4. The fourth-order valence-electron chi connectivity index (χ4n) is 1.73. The number of rotatable bonds is 0. The van der Waals surface area contributed by atoms with Crippen LogP contribution in [0.25, 0.3) is 22.1 Å². The molecule has 3 rings (SSSR count). The third kappa shape index (κ3) is 0.971. The van der Waals surface area contributed by atoms with Crippen LogP contribution in [0.2, 0.25) is 0 Å². The Hall–Kier alpha value is -2.04. The number of nitrogens with zero attached hydrogens (tertiary/aromatic N) is 4. The number of hydrogen-bond donors (Lipinski definition) is 0. The van der Waals surface area contributed by atoms with E-state index in [1.54, 1.807) is 12.4 Å². The van der Waals surface area contributed by atoms with Gasteiger partial charge in [-0.2, -0.15) is 0 Å². The molecule has 0 amide bonds. The highest BCUT2D eigenvalue weighted by atomic mass is 16.6. The van der Waals surface area contributed by atoms with Crippen molar-refractivity contribution in [1.29, 1.82) is 0 Å². The standard InChI is InChI=1S/C10H8N4O/c1-5-6(2)8-10(14-15-13-8)9-7(5)11-3-4-12-9/h3-4H,1-2H3. The molecule has 3 aromatic rings. The minimum Gasteiger partial charge on any atom is -0.253 e. The number of hydrogen-bond acceptors (Lipinski definition) is 5. The Morgan fingerprint density at radius 3 is 2.20 bits per heavy atom. The monoisotopic (exact) mass is 200 g/mol. The molecule has 0 saturated carbocycles. The molecule has 0 aliphatic heterocycles. The van der Waals surface area contributed by atoms with Gasteiger partial charge in [0.15, 0.2) is 5.52 Å². The topological polar surface area (TPSA) is 64.7 Å². The Kier molecular flexibility index (Phi) is 1.50. The van der Waals surface area contributed by atoms with E-state index in [1.165, 1.54) is 0 Å². The Labute approximate surface area is 85.1 Å². The van der Waals surface area contributed by atoms with Gasteiger partial charge < -0.3 is 0 Å². The summed E-state index contributed by atoms with van der Waals surface area (Å²) >= 11 is 0. The summed E-state index contributed by atoms with van der Waals surface area (Å²) in [6.07, 6.45) is 3.32. The molecule has 0 aliphatic rings. The maximum Gasteiger partial charge on any atom is 0.163 e. The van der Waals surface area contributed by atoms with E-state index in [1.807, 2.05) is 13.8 Å². The highest BCUT2D eigenvalue weighted by Crippen LogP contribution is 2.26. The Balaban J connectivity index is 2.70. The molecule has 5 nitrogen and oxygen atoms in total. The van der Waals surface area contributed by atoms with E-state index in [0.717, 1.165) is 27.7 Å². The molecular weight excluding hydrogens is 192 g/mol. The molecule has 15 heavy (non-hydrogen) atoms. The molecule has 0 spiro atoms. The first-order valence-electron chi connectivity index (χ1n) is 4.61. The van der Waals surface area contributed by atoms with E-state index < -0.39 is 0 Å². The SMILES string of the molecule is Cc1c(C)c2nonc2c2nccnc12. The second kappa shape index (κ2) is 2.73. The number of fused-ring (bicyclic) bond motifs is 3. The van der Waals surface area contributed by atoms with Crippen molar-refractivity contribution >= 4 is 22.1 Å². The summed E-state index contributed by atoms with van der Waals surface area (Å²) in [6, 6.07) is 0. The number of aromatic nitrogens is 4. The lowest BCUT2D eigenvalue weighted by molar-refractivity contribution is 0.315. The average molecular weight is 200 g/mol. The van der Waals surface area contributed by atoms with Gasteiger partial charge in [-0.1, -0.05) is 0 Å². The van der Waals surface area contributed by atoms with E-state index in [4.69, 9.17) is 4.63 Å². The normalized spacial score (nSPS) is 11.3. The van der Waals surface area contributed by atoms with E-state index >= 15 is 0 Å². The summed E-state index contributed by atoms with van der Waals surface area (Å²) in [5, 5.41) is 7.74. The maximum absolute atomic E-state index is 4.74. The zero-order valence-electron chi connectivity index (χ0n) is 8.35. The van der Waals surface area contributed by atoms with Crippen LogP contribution in [0.1, 0.15) is 11.1 Å². The van der Waals surface area contributed by atoms with Crippen LogP contribution in [-0.4, -0.2) is 20.3 Å². The van der Waals surface area contributed by atoms with Gasteiger partial charge in [0.1, 0.15) is 11.0 Å². The van der Waals surface area contributed by atoms with Gasteiger partial charge in [-0.15, -0.1) is 0 Å². The molecule has 0 radical (unpaired) electrons. The van der Waals surface area contributed by atoms with Gasteiger partial charge in [-0.25, -0.2) is 4.63 Å². The molecule has 0 unspecified atom stereocenters. The first-order chi connectivity index (χ1) is 7.29. The van der Waals surface area contributed by atoms with E-state index in [9.17, 15) is 0 Å². The van der Waals surface area contributed by atoms with Crippen molar-refractivity contribution in [2.24, 2.45) is 0 Å². The van der Waals surface area contributed by atoms with Crippen molar-refractivity contribution in [3.63, 3.8) is 0 Å². The van der Waals surface area contributed by atoms with Crippen LogP contribution in [0.3, 0.4) is 0 Å². The van der Waals surface area contributed by atoms with Gasteiger partial charge in [0.05, 0.1) is 5.52 Å². The van der Waals surface area contributed by atoms with Crippen LogP contribution in [0.4, 0.5) is 0 Å². The lowest BCUT2D eigenvalue weighted by Gasteiger charge is -2.03. The quantitative estimate of drug-likeness (QED) is 0.553. The summed E-state index contributed by atoms with van der Waals surface area (Å²) < 4.78 is 4.74. The second-order valence-corrected chi connectivity index (χ2v) is 3.46. The third-order valence-electron chi connectivity index (χ3n) is 2.68. The minimum absolute atomic E-state index is 0.682. The average Bonchev–Trinajstić information content (AvgIpc) is 2.75. The smallest absolute Gasteiger partial charge is 0.163 e. The molecular formula is C10H8N4O. The Morgan fingerprint density at radius 2 is 1.40 bits per heavy atom. The van der Waals surface area contributed by atoms with E-state index in [0.29, 0.717) is 5.52 Å². The van der Waals surface area contributed by atoms with E-state index in [-0.39, 0.29) is 0 Å². The molecule has 5 heteroatoms. The highest BCUT2D eigenvalue weighted by molar-refractivity contribution is 6.02. The molecule has 74 valence electrons. The van der Waals surface area contributed by atoms with Crippen molar-refractivity contribution in [2.75, 3.05) is 0 Å². The third-order valence-corrected chi connectivity index (χ3v) is 2.68. The highest BCUT2D eigenvalue weighted by Gasteiger charge is 2.14. The molecule has 2 heterocycles. The van der Waals surface area contributed by atoms with Crippen molar-refractivity contribution in [3.05, 3.63) is 23.5 Å². The lowest BCUT2D eigenvalue weighted by Crippen LogP contribution is -1.92. The predicted molar refractivity (Wildman–Crippen MR) is 54.4 cm³/mol. The Bertz CT molecular complexity index is 659. The lowest BCUT2D eigenvalue weighted by atomic mass is 10.1. The van der Waals surface area contributed by atoms with Crippen molar-refractivity contribution in [1.82, 2.24) is 20.3 Å². The molecule has 1 aromatic carbocycles. The van der Waals surface area contributed by atoms with Crippen LogP contribution >= 0.6 is 0 Å². The van der Waals surface area contributed by atoms with Gasteiger partial charge in [0.25, 0.3) is 0 Å². The molecule has 2 aromatic heterocycles. The van der Waals surface area contributed by atoms with Crippen LogP contribution in [-0.2, 0) is 0 Å². The molecule has 0 aliphatic carbocycles. The summed E-state index contributed by atoms with van der Waals surface area (Å²) in [5.74, 6) is 0. The Morgan fingerprint density at radius 1 is 0.800 bits per heavy atom. The van der Waals surface area contributed by atoms with Crippen LogP contribution < -0.4 is 0 Å². The first kappa shape index (κ1) is 8.28. The number of aryl methyl sites for hydroxylation is 2. The second-order valence-electron chi connectivity index (χ2n) is 3.46. The predicted octanol–water partition coefficient (Wildman–Crippen LogP) is 1.78. The van der Waals surface area contributed by atoms with Gasteiger partial charge >= 0.3 is 0 Å². The van der Waals surface area contributed by atoms with Crippen LogP contribution in [0, 0.1) is 13.8 Å². The summed E-state index contributed by atoms with van der Waals surface area (Å²) in [4.78, 5) is 8.56. The van der Waals surface area contributed by atoms with Gasteiger partial charge in [-0.05, 0) is 35.3 Å². The minimum atomic E-state index is 0.682. The molecule has 0 bridgehead atoms. The van der Waals surface area contributed by atoms with Crippen molar-refractivity contribution in [2.45, 2.75) is 13.8 Å². The summed E-state index contributed by atoms with van der Waals surface area (Å²) in [5.41, 5.74) is 5.16. The van der Waals surface area contributed by atoms with E-state index in [2.05, 4.69) is 20.3 Å². The molecule has 0 fully saturated rings. The fraction of sp³-hybridized carbons (Fsp3) is 0.200. The fourth-order valence-corrected chi connectivity index (χ4v) is 1.73. The maximum atomic E-state index is 4.74. The van der Waals surface area contributed by atoms with Gasteiger partial charge in [0.2, 0.25) is 0 Å². The molecule has 0 saturated heterocycles. The summed E-state index contributed by atoms with van der Waals surface area (Å²) in [7, 11) is 0. The van der Waals surface area contributed by atoms with Crippen molar-refractivity contribution < 1.29 is 4.63 Å². The largest absolute Gasteiger partial charge is 0.253 e. The first-order valence-corrected chi connectivity index (χ1v) is 4.61. The summed E-state index contributed by atoms with van der Waals surface area (Å²) in [6.45, 7) is 3.98. The van der Waals surface area contributed by atoms with Crippen LogP contribution in [0.15, 0.2) is 17.0 Å². The zero-order valence-corrected chi connectivity index (χ0v) is 8.35. The van der Waals surface area contributed by atoms with Crippen molar-refractivity contribution in [3.8, 4) is 0 Å². The molecule has 0 atom stereocenters. The van der Waals surface area contributed by atoms with Gasteiger partial charge in [0, 0.05) is 12.4 Å².